The van der Waals surface area contributed by atoms with E-state index in [1.807, 2.05) is 24.3 Å². The minimum atomic E-state index is -4.15. The molecule has 10 nitrogen and oxygen atoms in total. The molecule has 2 atom stereocenters. The number of fused-ring (bicyclic) bond motifs is 1. The number of nitrogens with one attached hydrogen (secondary N) is 2. The maximum atomic E-state index is 15.8. The highest BCUT2D eigenvalue weighted by molar-refractivity contribution is 7.90. The number of benzene rings is 2. The fourth-order valence-electron chi connectivity index (χ4n) is 6.94. The number of aromatic amines is 1. The van der Waals surface area contributed by atoms with Gasteiger partial charge in [0.1, 0.15) is 11.5 Å². The summed E-state index contributed by atoms with van der Waals surface area (Å²) in [4.78, 5) is 23.4. The molecule has 2 fully saturated rings. The first-order valence-corrected chi connectivity index (χ1v) is 17.2. The van der Waals surface area contributed by atoms with Gasteiger partial charge in [0.05, 0.1) is 11.3 Å². The number of pyridine rings is 1. The van der Waals surface area contributed by atoms with Crippen molar-refractivity contribution in [2.24, 2.45) is 5.92 Å². The number of ether oxygens (including phenoxy) is 2. The predicted molar refractivity (Wildman–Crippen MR) is 177 cm³/mol. The van der Waals surface area contributed by atoms with Crippen LogP contribution in [0.4, 0.5) is 20.2 Å². The van der Waals surface area contributed by atoms with Gasteiger partial charge in [-0.3, -0.25) is 9.52 Å². The van der Waals surface area contributed by atoms with E-state index in [9.17, 15) is 13.2 Å². The molecule has 2 aromatic heterocycles. The lowest BCUT2D eigenvalue weighted by molar-refractivity contribution is -0.141. The number of halogens is 2. The van der Waals surface area contributed by atoms with E-state index in [2.05, 4.69) is 19.6 Å². The Morgan fingerprint density at radius 1 is 0.979 bits per heavy atom. The molecule has 0 bridgehead atoms. The molecule has 2 aromatic carbocycles. The molecule has 2 saturated heterocycles. The van der Waals surface area contributed by atoms with Gasteiger partial charge in [-0.2, -0.15) is 12.7 Å². The minimum Gasteiger partial charge on any atom is -0.372 e. The van der Waals surface area contributed by atoms with Gasteiger partial charge in [-0.05, 0) is 75.4 Å². The van der Waals surface area contributed by atoms with Crippen molar-refractivity contribution in [3.05, 3.63) is 77.6 Å². The fourth-order valence-corrected chi connectivity index (χ4v) is 8.64. The number of hydrogen-bond acceptors (Lipinski definition) is 7. The molecule has 0 radical (unpaired) electrons. The summed E-state index contributed by atoms with van der Waals surface area (Å²) < 4.78 is 71.5. The number of piperidine rings is 1. The largest absolute Gasteiger partial charge is 0.372 e. The standard InChI is InChI=1S/C34H39F2N5O5S/c1-20-5-6-21(2)41(20)47(43,44)39-29-12-11-28(35)30(31(29)36)32(42)27-19-38-33-26(27)17-24(18-37-33)22-7-9-25(10-8-22)40-15-13-23(14-16-40)34(45-3)46-4/h7-12,17-21,23,34,39H,5-6,13-16H2,1-4H3,(H,37,38)/t20-,21-/m0/s1. The van der Waals surface area contributed by atoms with Crippen LogP contribution in [0.3, 0.4) is 0 Å². The van der Waals surface area contributed by atoms with Crippen LogP contribution in [0.25, 0.3) is 22.2 Å². The summed E-state index contributed by atoms with van der Waals surface area (Å²) >= 11 is 0. The number of carbonyl (C=O) groups excluding carboxylic acids is 1. The summed E-state index contributed by atoms with van der Waals surface area (Å²) in [6, 6.07) is 11.1. The molecule has 0 unspecified atom stereocenters. The first-order chi connectivity index (χ1) is 22.5. The molecule has 0 amide bonds. The van der Waals surface area contributed by atoms with Crippen molar-refractivity contribution < 1.29 is 31.5 Å². The average Bonchev–Trinajstić information content (AvgIpc) is 3.65. The van der Waals surface area contributed by atoms with Crippen LogP contribution in [0.15, 0.2) is 54.9 Å². The number of anilines is 2. The maximum absolute atomic E-state index is 15.8. The van der Waals surface area contributed by atoms with E-state index in [0.29, 0.717) is 29.8 Å². The second kappa shape index (κ2) is 13.3. The van der Waals surface area contributed by atoms with Gasteiger partial charge in [0, 0.05) is 79.9 Å². The SMILES string of the molecule is COC(OC)C1CCN(c2ccc(-c3cnc4[nH]cc(C(=O)c5c(F)ccc(NS(=O)(=O)N6[C@@H](C)CC[C@@H]6C)c5F)c4c3)cc2)CC1. The van der Waals surface area contributed by atoms with E-state index in [4.69, 9.17) is 9.47 Å². The van der Waals surface area contributed by atoms with Crippen LogP contribution in [0, 0.1) is 17.6 Å². The molecule has 0 saturated carbocycles. The zero-order valence-electron chi connectivity index (χ0n) is 26.8. The van der Waals surface area contributed by atoms with Crippen LogP contribution in [0.5, 0.6) is 0 Å². The Bertz CT molecular complexity index is 1860. The van der Waals surface area contributed by atoms with Gasteiger partial charge in [0.2, 0.25) is 5.78 Å². The van der Waals surface area contributed by atoms with Crippen molar-refractivity contribution in [1.82, 2.24) is 14.3 Å². The summed E-state index contributed by atoms with van der Waals surface area (Å²) in [5, 5.41) is 0.383. The molecule has 2 aliphatic rings. The van der Waals surface area contributed by atoms with E-state index < -0.39 is 38.9 Å². The number of carbonyl (C=O) groups is 1. The first-order valence-electron chi connectivity index (χ1n) is 15.7. The van der Waals surface area contributed by atoms with Gasteiger partial charge in [0.25, 0.3) is 0 Å². The molecule has 47 heavy (non-hydrogen) atoms. The normalized spacial score (nSPS) is 19.6. The third-order valence-corrected chi connectivity index (χ3v) is 11.2. The van der Waals surface area contributed by atoms with Crippen LogP contribution in [0.2, 0.25) is 0 Å². The molecule has 6 rings (SSSR count). The average molecular weight is 668 g/mol. The Balaban J connectivity index is 1.24. The Labute approximate surface area is 273 Å². The second-order valence-electron chi connectivity index (χ2n) is 12.4. The van der Waals surface area contributed by atoms with Crippen LogP contribution in [-0.2, 0) is 19.7 Å². The van der Waals surface area contributed by atoms with Crippen molar-refractivity contribution in [2.45, 2.75) is 57.9 Å². The van der Waals surface area contributed by atoms with Crippen molar-refractivity contribution in [1.29, 1.82) is 0 Å². The number of H-pyrrole nitrogens is 1. The molecule has 250 valence electrons. The van der Waals surface area contributed by atoms with Gasteiger partial charge in [-0.1, -0.05) is 12.1 Å². The highest BCUT2D eigenvalue weighted by Gasteiger charge is 2.38. The summed E-state index contributed by atoms with van der Waals surface area (Å²) in [6.45, 7) is 5.30. The Hall–Kier alpha value is -3.91. The van der Waals surface area contributed by atoms with Gasteiger partial charge >= 0.3 is 10.2 Å². The molecular formula is C34H39F2N5O5S. The van der Waals surface area contributed by atoms with E-state index in [0.717, 1.165) is 54.9 Å². The zero-order valence-corrected chi connectivity index (χ0v) is 27.6. The molecule has 4 aromatic rings. The molecular weight excluding hydrogens is 628 g/mol. The monoisotopic (exact) mass is 667 g/mol. The Morgan fingerprint density at radius 3 is 2.28 bits per heavy atom. The summed E-state index contributed by atoms with van der Waals surface area (Å²) in [6.07, 6.45) is 6.06. The summed E-state index contributed by atoms with van der Waals surface area (Å²) in [5.74, 6) is -2.97. The quantitative estimate of drug-likeness (QED) is 0.155. The van der Waals surface area contributed by atoms with E-state index in [-0.39, 0.29) is 23.9 Å². The van der Waals surface area contributed by atoms with Gasteiger partial charge < -0.3 is 19.4 Å². The van der Waals surface area contributed by atoms with Crippen molar-refractivity contribution in [3.63, 3.8) is 0 Å². The lowest BCUT2D eigenvalue weighted by Crippen LogP contribution is -2.42. The smallest absolute Gasteiger partial charge is 0.302 e. The van der Waals surface area contributed by atoms with Gasteiger partial charge in [-0.15, -0.1) is 0 Å². The second-order valence-corrected chi connectivity index (χ2v) is 13.9. The number of methoxy groups -OCH3 is 2. The fraction of sp³-hybridized carbons (Fsp3) is 0.412. The molecule has 0 spiro atoms. The molecule has 0 aliphatic carbocycles. The maximum Gasteiger partial charge on any atom is 0.302 e. The molecule has 2 aliphatic heterocycles. The lowest BCUT2D eigenvalue weighted by atomic mass is 9.95. The summed E-state index contributed by atoms with van der Waals surface area (Å²) in [5.41, 5.74) is 1.69. The predicted octanol–water partition coefficient (Wildman–Crippen LogP) is 6.10. The van der Waals surface area contributed by atoms with E-state index >= 15 is 8.78 Å². The van der Waals surface area contributed by atoms with Crippen LogP contribution >= 0.6 is 0 Å². The first kappa shape index (κ1) is 33.0. The Morgan fingerprint density at radius 2 is 1.64 bits per heavy atom. The van der Waals surface area contributed by atoms with Crippen LogP contribution in [0.1, 0.15) is 55.5 Å². The Kier molecular flexibility index (Phi) is 9.34. The van der Waals surface area contributed by atoms with Crippen molar-refractivity contribution in [2.75, 3.05) is 36.9 Å². The van der Waals surface area contributed by atoms with Crippen LogP contribution < -0.4 is 9.62 Å². The number of ketones is 1. The highest BCUT2D eigenvalue weighted by atomic mass is 32.2. The number of rotatable bonds is 10. The highest BCUT2D eigenvalue weighted by Crippen LogP contribution is 2.33. The van der Waals surface area contributed by atoms with Crippen LogP contribution in [-0.4, -0.2) is 74.2 Å². The third-order valence-electron chi connectivity index (χ3n) is 9.44. The van der Waals surface area contributed by atoms with Gasteiger partial charge in [-0.25, -0.2) is 13.8 Å². The lowest BCUT2D eigenvalue weighted by Gasteiger charge is -2.36. The minimum absolute atomic E-state index is 0.0128. The van der Waals surface area contributed by atoms with E-state index in [1.54, 1.807) is 40.3 Å². The zero-order chi connectivity index (χ0) is 33.5. The van der Waals surface area contributed by atoms with Crippen molar-refractivity contribution >= 4 is 38.4 Å². The number of hydrogen-bond donors (Lipinski definition) is 2. The number of nitrogens with zero attached hydrogens (tertiary/aromatic N) is 3. The van der Waals surface area contributed by atoms with Crippen molar-refractivity contribution in [3.8, 4) is 11.1 Å². The molecule has 2 N–H and O–H groups in total. The topological polar surface area (TPSA) is 117 Å². The molecule has 4 heterocycles. The molecule has 13 heteroatoms. The van der Waals surface area contributed by atoms with E-state index in [1.165, 1.54) is 10.5 Å². The van der Waals surface area contributed by atoms with Gasteiger partial charge in [0.15, 0.2) is 12.1 Å². The number of aromatic nitrogens is 2. The summed E-state index contributed by atoms with van der Waals surface area (Å²) in [7, 11) is -0.828. The third kappa shape index (κ3) is 6.37.